The molecule has 0 spiro atoms. The van der Waals surface area contributed by atoms with Crippen molar-refractivity contribution in [2.45, 2.75) is 33.3 Å². The molecule has 0 radical (unpaired) electrons. The lowest BCUT2D eigenvalue weighted by Crippen LogP contribution is -2.42. The predicted octanol–water partition coefficient (Wildman–Crippen LogP) is 1.29. The molecule has 1 aliphatic rings. The Hall–Kier alpha value is -1.06. The zero-order valence-corrected chi connectivity index (χ0v) is 8.69. The van der Waals surface area contributed by atoms with E-state index in [0.717, 1.165) is 0 Å². The smallest absolute Gasteiger partial charge is 0.309 e. The fourth-order valence-corrected chi connectivity index (χ4v) is 1.89. The number of carboxylic acids is 1. The van der Waals surface area contributed by atoms with Crippen LogP contribution in [0.4, 0.5) is 0 Å². The average molecular weight is 200 g/mol. The molecule has 0 unspecified atom stereocenters. The first-order valence-corrected chi connectivity index (χ1v) is 4.86. The summed E-state index contributed by atoms with van der Waals surface area (Å²) in [5.41, 5.74) is 0. The number of carbonyl (C=O) groups is 2. The van der Waals surface area contributed by atoms with E-state index >= 15 is 0 Å². The first-order valence-electron chi connectivity index (χ1n) is 4.86. The van der Waals surface area contributed by atoms with Crippen molar-refractivity contribution in [3.63, 3.8) is 0 Å². The van der Waals surface area contributed by atoms with Gasteiger partial charge in [-0.2, -0.15) is 0 Å². The van der Waals surface area contributed by atoms with Crippen molar-refractivity contribution in [1.29, 1.82) is 0 Å². The Morgan fingerprint density at radius 2 is 2.14 bits per heavy atom. The van der Waals surface area contributed by atoms with Gasteiger partial charge in [-0.3, -0.25) is 9.59 Å². The van der Waals surface area contributed by atoms with E-state index in [1.807, 2.05) is 6.92 Å². The molecule has 4 heteroatoms. The SMILES string of the molecule is C[C@@H]1C[C@H](C)[C@@H]([C@H](C)C(=O)O)OC1=O. The zero-order valence-electron chi connectivity index (χ0n) is 8.69. The molecule has 0 bridgehead atoms. The highest BCUT2D eigenvalue weighted by molar-refractivity contribution is 5.75. The number of ether oxygens (including phenoxy) is 1. The monoisotopic (exact) mass is 200 g/mol. The van der Waals surface area contributed by atoms with E-state index in [2.05, 4.69) is 0 Å². The van der Waals surface area contributed by atoms with Crippen LogP contribution in [0.3, 0.4) is 0 Å². The van der Waals surface area contributed by atoms with Gasteiger partial charge in [0.05, 0.1) is 11.8 Å². The van der Waals surface area contributed by atoms with Crippen LogP contribution >= 0.6 is 0 Å². The van der Waals surface area contributed by atoms with Crippen LogP contribution in [-0.4, -0.2) is 23.1 Å². The van der Waals surface area contributed by atoms with Crippen molar-refractivity contribution < 1.29 is 19.4 Å². The van der Waals surface area contributed by atoms with Crippen LogP contribution < -0.4 is 0 Å². The average Bonchev–Trinajstić information content (AvgIpc) is 2.10. The van der Waals surface area contributed by atoms with Crippen molar-refractivity contribution >= 4 is 11.9 Å². The summed E-state index contributed by atoms with van der Waals surface area (Å²) >= 11 is 0. The maximum atomic E-state index is 11.3. The van der Waals surface area contributed by atoms with Gasteiger partial charge in [0, 0.05) is 0 Å². The third kappa shape index (κ3) is 2.05. The van der Waals surface area contributed by atoms with Crippen LogP contribution in [0, 0.1) is 17.8 Å². The Balaban J connectivity index is 2.70. The third-order valence-corrected chi connectivity index (χ3v) is 2.82. The molecular formula is C10H16O4. The van der Waals surface area contributed by atoms with Gasteiger partial charge in [-0.25, -0.2) is 0 Å². The molecule has 80 valence electrons. The molecule has 1 saturated heterocycles. The lowest BCUT2D eigenvalue weighted by Gasteiger charge is -2.34. The lowest BCUT2D eigenvalue weighted by atomic mass is 9.84. The minimum absolute atomic E-state index is 0.109. The molecule has 4 nitrogen and oxygen atoms in total. The molecule has 4 atom stereocenters. The molecule has 0 saturated carbocycles. The van der Waals surface area contributed by atoms with E-state index in [-0.39, 0.29) is 17.8 Å². The maximum absolute atomic E-state index is 11.3. The summed E-state index contributed by atoms with van der Waals surface area (Å²) in [5, 5.41) is 8.81. The summed E-state index contributed by atoms with van der Waals surface area (Å²) in [7, 11) is 0. The number of aliphatic carboxylic acids is 1. The second kappa shape index (κ2) is 3.98. The summed E-state index contributed by atoms with van der Waals surface area (Å²) in [6, 6.07) is 0. The highest BCUT2D eigenvalue weighted by Gasteiger charge is 2.38. The lowest BCUT2D eigenvalue weighted by molar-refractivity contribution is -0.172. The van der Waals surface area contributed by atoms with E-state index in [4.69, 9.17) is 9.84 Å². The van der Waals surface area contributed by atoms with E-state index < -0.39 is 18.0 Å². The van der Waals surface area contributed by atoms with E-state index in [1.54, 1.807) is 13.8 Å². The summed E-state index contributed by atoms with van der Waals surface area (Å²) in [6.45, 7) is 5.31. The van der Waals surface area contributed by atoms with Gasteiger partial charge in [0.1, 0.15) is 6.10 Å². The molecule has 0 aliphatic carbocycles. The Labute approximate surface area is 83.2 Å². The molecule has 14 heavy (non-hydrogen) atoms. The summed E-state index contributed by atoms with van der Waals surface area (Å²) < 4.78 is 5.11. The molecule has 0 aromatic carbocycles. The minimum Gasteiger partial charge on any atom is -0.481 e. The second-order valence-electron chi connectivity index (χ2n) is 4.14. The number of cyclic esters (lactones) is 1. The van der Waals surface area contributed by atoms with Crippen LogP contribution in [0.15, 0.2) is 0 Å². The molecule has 0 aromatic heterocycles. The van der Waals surface area contributed by atoms with Gasteiger partial charge < -0.3 is 9.84 Å². The maximum Gasteiger partial charge on any atom is 0.309 e. The van der Waals surface area contributed by atoms with Gasteiger partial charge in [0.2, 0.25) is 0 Å². The van der Waals surface area contributed by atoms with Crippen LogP contribution in [0.1, 0.15) is 27.2 Å². The molecular weight excluding hydrogens is 184 g/mol. The van der Waals surface area contributed by atoms with Gasteiger partial charge >= 0.3 is 11.9 Å². The zero-order chi connectivity index (χ0) is 10.9. The second-order valence-corrected chi connectivity index (χ2v) is 4.14. The quantitative estimate of drug-likeness (QED) is 0.682. The van der Waals surface area contributed by atoms with E-state index in [0.29, 0.717) is 6.42 Å². The van der Waals surface area contributed by atoms with Crippen LogP contribution in [-0.2, 0) is 14.3 Å². The molecule has 1 N–H and O–H groups in total. The van der Waals surface area contributed by atoms with Crippen LogP contribution in [0.2, 0.25) is 0 Å². The van der Waals surface area contributed by atoms with Crippen molar-refractivity contribution in [3.8, 4) is 0 Å². The first-order chi connectivity index (χ1) is 6.43. The Bertz CT molecular complexity index is 249. The Morgan fingerprint density at radius 1 is 1.57 bits per heavy atom. The van der Waals surface area contributed by atoms with E-state index in [9.17, 15) is 9.59 Å². The molecule has 0 amide bonds. The first kappa shape index (κ1) is 11.0. The number of rotatable bonds is 2. The van der Waals surface area contributed by atoms with Crippen molar-refractivity contribution in [2.24, 2.45) is 17.8 Å². The third-order valence-electron chi connectivity index (χ3n) is 2.82. The van der Waals surface area contributed by atoms with Crippen molar-refractivity contribution in [3.05, 3.63) is 0 Å². The largest absolute Gasteiger partial charge is 0.481 e. The van der Waals surface area contributed by atoms with Gasteiger partial charge in [-0.15, -0.1) is 0 Å². The molecule has 1 heterocycles. The molecule has 1 aliphatic heterocycles. The van der Waals surface area contributed by atoms with Crippen molar-refractivity contribution in [2.75, 3.05) is 0 Å². The van der Waals surface area contributed by atoms with Gasteiger partial charge in [0.25, 0.3) is 0 Å². The van der Waals surface area contributed by atoms with Gasteiger partial charge in [0.15, 0.2) is 0 Å². The minimum atomic E-state index is -0.913. The fourth-order valence-electron chi connectivity index (χ4n) is 1.89. The topological polar surface area (TPSA) is 63.6 Å². The molecule has 1 rings (SSSR count). The fraction of sp³-hybridized carbons (Fsp3) is 0.800. The normalized spacial score (nSPS) is 34.8. The number of hydrogen-bond acceptors (Lipinski definition) is 3. The number of carbonyl (C=O) groups excluding carboxylic acids is 1. The molecule has 0 aromatic rings. The van der Waals surface area contributed by atoms with Gasteiger partial charge in [-0.1, -0.05) is 13.8 Å². The number of esters is 1. The summed E-state index contributed by atoms with van der Waals surface area (Å²) in [5.74, 6) is -1.80. The van der Waals surface area contributed by atoms with Gasteiger partial charge in [-0.05, 0) is 19.3 Å². The summed E-state index contributed by atoms with van der Waals surface area (Å²) in [4.78, 5) is 22.0. The number of carboxylic acid groups (broad SMARTS) is 1. The Morgan fingerprint density at radius 3 is 2.64 bits per heavy atom. The van der Waals surface area contributed by atoms with E-state index in [1.165, 1.54) is 0 Å². The van der Waals surface area contributed by atoms with Crippen LogP contribution in [0.5, 0.6) is 0 Å². The highest BCUT2D eigenvalue weighted by Crippen LogP contribution is 2.29. The summed E-state index contributed by atoms with van der Waals surface area (Å²) in [6.07, 6.45) is 0.234. The predicted molar refractivity (Wildman–Crippen MR) is 49.6 cm³/mol. The van der Waals surface area contributed by atoms with Crippen LogP contribution in [0.25, 0.3) is 0 Å². The standard InChI is InChI=1S/C10H16O4/c1-5-4-6(2)10(13)14-8(5)7(3)9(11)12/h5-8H,4H2,1-3H3,(H,11,12)/t5-,6+,7-,8-/m0/s1. The Kier molecular flexibility index (Phi) is 3.13. The molecule has 1 fully saturated rings. The highest BCUT2D eigenvalue weighted by atomic mass is 16.5. The van der Waals surface area contributed by atoms with Crippen molar-refractivity contribution in [1.82, 2.24) is 0 Å². The number of hydrogen-bond donors (Lipinski definition) is 1.